The fourth-order valence-corrected chi connectivity index (χ4v) is 2.48. The molecule has 16 heavy (non-hydrogen) atoms. The van der Waals surface area contributed by atoms with Gasteiger partial charge < -0.3 is 9.73 Å². The summed E-state index contributed by atoms with van der Waals surface area (Å²) in [4.78, 5) is 2.62. The Morgan fingerprint density at radius 1 is 1.31 bits per heavy atom. The van der Waals surface area contributed by atoms with Gasteiger partial charge in [0.15, 0.2) is 0 Å². The molecule has 0 atom stereocenters. The summed E-state index contributed by atoms with van der Waals surface area (Å²) in [5.41, 5.74) is 1.21. The van der Waals surface area contributed by atoms with Gasteiger partial charge in [0.1, 0.15) is 5.76 Å². The molecular weight excluding hydrogens is 218 g/mol. The van der Waals surface area contributed by atoms with E-state index in [1.807, 2.05) is 6.07 Å². The summed E-state index contributed by atoms with van der Waals surface area (Å²) >= 11 is 1.81. The average molecular weight is 235 g/mol. The summed E-state index contributed by atoms with van der Waals surface area (Å²) in [5, 5.41) is 3.38. The Morgan fingerprint density at radius 2 is 2.12 bits per heavy atom. The monoisotopic (exact) mass is 235 g/mol. The van der Waals surface area contributed by atoms with Gasteiger partial charge >= 0.3 is 0 Å². The smallest absolute Gasteiger partial charge is 0.126 e. The minimum absolute atomic E-state index is 0.475. The Labute approximate surface area is 100 Å². The molecule has 3 heteroatoms. The Kier molecular flexibility index (Phi) is 3.46. The van der Waals surface area contributed by atoms with Crippen molar-refractivity contribution in [3.05, 3.63) is 35.1 Å². The van der Waals surface area contributed by atoms with Crippen molar-refractivity contribution in [3.63, 3.8) is 0 Å². The van der Waals surface area contributed by atoms with Crippen LogP contribution in [0.3, 0.4) is 0 Å². The molecule has 2 aromatic rings. The highest BCUT2D eigenvalue weighted by molar-refractivity contribution is 7.15. The topological polar surface area (TPSA) is 25.2 Å². The van der Waals surface area contributed by atoms with Gasteiger partial charge in [0.05, 0.1) is 12.8 Å². The summed E-state index contributed by atoms with van der Waals surface area (Å²) in [7, 11) is 0. The lowest BCUT2D eigenvalue weighted by Gasteiger charge is -2.06. The van der Waals surface area contributed by atoms with E-state index in [-0.39, 0.29) is 0 Å². The molecule has 0 aliphatic rings. The Hall–Kier alpha value is -1.06. The van der Waals surface area contributed by atoms with Gasteiger partial charge in [0.2, 0.25) is 0 Å². The summed E-state index contributed by atoms with van der Waals surface area (Å²) in [6.45, 7) is 7.19. The molecule has 0 spiro atoms. The Balaban J connectivity index is 2.19. The second kappa shape index (κ2) is 4.85. The first-order valence-electron chi connectivity index (χ1n) is 5.53. The van der Waals surface area contributed by atoms with Crippen LogP contribution in [0.1, 0.15) is 24.5 Å². The van der Waals surface area contributed by atoms with Crippen LogP contribution in [-0.2, 0) is 6.54 Å². The average Bonchev–Trinajstić information content (AvgIpc) is 2.82. The van der Waals surface area contributed by atoms with Gasteiger partial charge in [-0.25, -0.2) is 0 Å². The normalized spacial score (nSPS) is 11.2. The van der Waals surface area contributed by atoms with Crippen LogP contribution in [0.4, 0.5) is 0 Å². The largest absolute Gasteiger partial charge is 0.467 e. The molecule has 1 N–H and O–H groups in total. The van der Waals surface area contributed by atoms with E-state index in [4.69, 9.17) is 4.42 Å². The number of aryl methyl sites for hydroxylation is 1. The van der Waals surface area contributed by atoms with Crippen molar-refractivity contribution in [3.8, 4) is 10.4 Å². The zero-order valence-electron chi connectivity index (χ0n) is 9.91. The van der Waals surface area contributed by atoms with Gasteiger partial charge in [0.25, 0.3) is 0 Å². The zero-order chi connectivity index (χ0) is 11.5. The van der Waals surface area contributed by atoms with E-state index in [1.54, 1.807) is 17.6 Å². The standard InChI is InChI=1S/C13H17NOS/c1-9(2)14-8-12-11(6-7-15-12)13-5-4-10(3)16-13/h4-7,9,14H,8H2,1-3H3. The minimum Gasteiger partial charge on any atom is -0.467 e. The van der Waals surface area contributed by atoms with Crippen molar-refractivity contribution in [1.29, 1.82) is 0 Å². The third-order valence-corrected chi connectivity index (χ3v) is 3.46. The maximum atomic E-state index is 5.52. The summed E-state index contributed by atoms with van der Waals surface area (Å²) in [6, 6.07) is 6.82. The van der Waals surface area contributed by atoms with Crippen molar-refractivity contribution < 1.29 is 4.42 Å². The molecule has 0 radical (unpaired) electrons. The van der Waals surface area contributed by atoms with Crippen molar-refractivity contribution in [2.45, 2.75) is 33.4 Å². The van der Waals surface area contributed by atoms with E-state index in [9.17, 15) is 0 Å². The van der Waals surface area contributed by atoms with Crippen LogP contribution >= 0.6 is 11.3 Å². The SMILES string of the molecule is Cc1ccc(-c2ccoc2CNC(C)C)s1. The Morgan fingerprint density at radius 3 is 2.75 bits per heavy atom. The number of hydrogen-bond acceptors (Lipinski definition) is 3. The van der Waals surface area contributed by atoms with Crippen LogP contribution in [-0.4, -0.2) is 6.04 Å². The second-order valence-electron chi connectivity index (χ2n) is 4.20. The van der Waals surface area contributed by atoms with E-state index in [0.29, 0.717) is 6.04 Å². The van der Waals surface area contributed by atoms with Gasteiger partial charge in [-0.2, -0.15) is 0 Å². The van der Waals surface area contributed by atoms with E-state index in [2.05, 4.69) is 38.2 Å². The first kappa shape index (κ1) is 11.4. The van der Waals surface area contributed by atoms with Crippen LogP contribution in [0.25, 0.3) is 10.4 Å². The van der Waals surface area contributed by atoms with E-state index in [1.165, 1.54) is 15.3 Å². The van der Waals surface area contributed by atoms with E-state index in [0.717, 1.165) is 12.3 Å². The maximum Gasteiger partial charge on any atom is 0.126 e. The van der Waals surface area contributed by atoms with Crippen LogP contribution in [0.2, 0.25) is 0 Å². The molecule has 0 aromatic carbocycles. The van der Waals surface area contributed by atoms with Crippen LogP contribution in [0, 0.1) is 6.92 Å². The van der Waals surface area contributed by atoms with Crippen molar-refractivity contribution in [2.75, 3.05) is 0 Å². The number of hydrogen-bond donors (Lipinski definition) is 1. The van der Waals surface area contributed by atoms with Crippen LogP contribution in [0.5, 0.6) is 0 Å². The molecule has 0 saturated carbocycles. The fourth-order valence-electron chi connectivity index (χ4n) is 1.57. The third-order valence-electron chi connectivity index (χ3n) is 2.42. The van der Waals surface area contributed by atoms with Crippen molar-refractivity contribution in [1.82, 2.24) is 5.32 Å². The quantitative estimate of drug-likeness (QED) is 0.871. The highest BCUT2D eigenvalue weighted by atomic mass is 32.1. The molecule has 0 bridgehead atoms. The van der Waals surface area contributed by atoms with Gasteiger partial charge in [0, 0.05) is 21.4 Å². The molecule has 86 valence electrons. The first-order valence-corrected chi connectivity index (χ1v) is 6.35. The highest BCUT2D eigenvalue weighted by Crippen LogP contribution is 2.31. The lowest BCUT2D eigenvalue weighted by molar-refractivity contribution is 0.466. The Bertz CT molecular complexity index is 456. The summed E-state index contributed by atoms with van der Waals surface area (Å²) in [5.74, 6) is 1.02. The van der Waals surface area contributed by atoms with Crippen molar-refractivity contribution in [2.24, 2.45) is 0 Å². The second-order valence-corrected chi connectivity index (χ2v) is 5.49. The predicted octanol–water partition coefficient (Wildman–Crippen LogP) is 3.81. The maximum absolute atomic E-state index is 5.52. The molecule has 0 amide bonds. The number of nitrogens with one attached hydrogen (secondary N) is 1. The summed E-state index contributed by atoms with van der Waals surface area (Å²) < 4.78 is 5.52. The third kappa shape index (κ3) is 2.54. The number of rotatable bonds is 4. The first-order chi connectivity index (χ1) is 7.66. The molecule has 0 aliphatic heterocycles. The summed E-state index contributed by atoms with van der Waals surface area (Å²) in [6.07, 6.45) is 1.77. The number of thiophene rings is 1. The lowest BCUT2D eigenvalue weighted by atomic mass is 10.2. The van der Waals surface area contributed by atoms with Gasteiger partial charge in [-0.05, 0) is 25.1 Å². The van der Waals surface area contributed by atoms with Gasteiger partial charge in [-0.3, -0.25) is 0 Å². The molecule has 0 aliphatic carbocycles. The fraction of sp³-hybridized carbons (Fsp3) is 0.385. The molecule has 2 aromatic heterocycles. The lowest BCUT2D eigenvalue weighted by Crippen LogP contribution is -2.21. The number of furan rings is 1. The van der Waals surface area contributed by atoms with Gasteiger partial charge in [-0.15, -0.1) is 11.3 Å². The molecule has 0 fully saturated rings. The molecular formula is C13H17NOS. The van der Waals surface area contributed by atoms with Crippen LogP contribution in [0.15, 0.2) is 28.9 Å². The van der Waals surface area contributed by atoms with E-state index >= 15 is 0 Å². The van der Waals surface area contributed by atoms with Gasteiger partial charge in [-0.1, -0.05) is 13.8 Å². The van der Waals surface area contributed by atoms with Crippen LogP contribution < -0.4 is 5.32 Å². The van der Waals surface area contributed by atoms with E-state index < -0.39 is 0 Å². The van der Waals surface area contributed by atoms with Crippen molar-refractivity contribution >= 4 is 11.3 Å². The predicted molar refractivity (Wildman–Crippen MR) is 68.7 cm³/mol. The molecule has 2 nitrogen and oxygen atoms in total. The molecule has 0 unspecified atom stereocenters. The highest BCUT2D eigenvalue weighted by Gasteiger charge is 2.10. The molecule has 0 saturated heterocycles. The zero-order valence-corrected chi connectivity index (χ0v) is 10.7. The molecule has 2 rings (SSSR count). The molecule has 2 heterocycles. The minimum atomic E-state index is 0.475.